The standard InChI is InChI=1S/C14H14FNO2S.3C4H9.C3H2NS.Sn/c1-14(2,3)18-13(17)12-9(5-4-6-10(12)15)11-7-16-8-19-11;3*1-3-4-2;1-2-5-3-4-1;/h4-8H,1-3H3;3*1,3-4H2,2H3;1,3H;. The van der Waals surface area contributed by atoms with Crippen molar-refractivity contribution in [3.63, 3.8) is 0 Å². The van der Waals surface area contributed by atoms with Gasteiger partial charge in [-0.05, 0) is 26.8 Å². The third-order valence-electron chi connectivity index (χ3n) is 6.30. The normalized spacial score (nSPS) is 11.6. The molecule has 0 radical (unpaired) electrons. The first kappa shape index (κ1) is 31.9. The number of halogens is 1. The number of ether oxygens (including phenoxy) is 1. The van der Waals surface area contributed by atoms with Crippen molar-refractivity contribution in [3.8, 4) is 10.4 Å². The Bertz CT molecular complexity index is 1030. The van der Waals surface area contributed by atoms with Gasteiger partial charge in [0.1, 0.15) is 17.0 Å². The van der Waals surface area contributed by atoms with Crippen LogP contribution in [0, 0.1) is 5.82 Å². The van der Waals surface area contributed by atoms with Crippen LogP contribution in [0.4, 0.5) is 4.39 Å². The summed E-state index contributed by atoms with van der Waals surface area (Å²) in [4.78, 5) is 21.2. The maximum atomic E-state index is 14.0. The summed E-state index contributed by atoms with van der Waals surface area (Å²) in [5, 5.41) is 0. The minimum absolute atomic E-state index is 0.0401. The average molecular weight is 654 g/mol. The van der Waals surface area contributed by atoms with Gasteiger partial charge in [0.15, 0.2) is 0 Å². The second-order valence-corrected chi connectivity index (χ2v) is 26.4. The molecular formula is C29H43FN2O2S2Sn. The van der Waals surface area contributed by atoms with Crippen molar-refractivity contribution in [3.05, 3.63) is 53.0 Å². The molecule has 2 heterocycles. The van der Waals surface area contributed by atoms with Crippen molar-refractivity contribution in [2.45, 2.75) is 99.0 Å². The molecule has 37 heavy (non-hydrogen) atoms. The molecule has 0 fully saturated rings. The van der Waals surface area contributed by atoms with E-state index in [1.165, 1.54) is 55.9 Å². The molecule has 0 aliphatic carbocycles. The van der Waals surface area contributed by atoms with Crippen molar-refractivity contribution in [2.24, 2.45) is 0 Å². The van der Waals surface area contributed by atoms with E-state index in [2.05, 4.69) is 42.4 Å². The number of hydrogen-bond acceptors (Lipinski definition) is 6. The molecule has 0 N–H and O–H groups in total. The molecule has 204 valence electrons. The van der Waals surface area contributed by atoms with Crippen LogP contribution in [0.15, 0.2) is 41.6 Å². The number of nitrogens with zero attached hydrogens (tertiary/aromatic N) is 2. The molecule has 0 spiro atoms. The Kier molecular flexibility index (Phi) is 13.7. The Balaban J connectivity index is 0.000000261. The van der Waals surface area contributed by atoms with Crippen LogP contribution < -0.4 is 2.89 Å². The molecule has 3 aromatic rings. The SMILES string of the molecule is CC(C)(C)OC(=O)c1c(F)cccc1-c1cncs1.CCC[CH2][Sn]([CH2]CCC)([CH2]CCC)[c]1cncs1. The molecule has 0 saturated carbocycles. The Morgan fingerprint density at radius 1 is 0.919 bits per heavy atom. The number of benzene rings is 1. The second-order valence-electron chi connectivity index (χ2n) is 10.5. The number of carbonyl (C=O) groups excluding carboxylic acids is 1. The number of aromatic nitrogens is 2. The van der Waals surface area contributed by atoms with Crippen LogP contribution in [0.2, 0.25) is 13.3 Å². The molecule has 0 atom stereocenters. The van der Waals surface area contributed by atoms with Gasteiger partial charge in [0.25, 0.3) is 0 Å². The summed E-state index contributed by atoms with van der Waals surface area (Å²) in [6.45, 7) is 12.3. The molecule has 8 heteroatoms. The van der Waals surface area contributed by atoms with E-state index in [0.29, 0.717) is 5.56 Å². The van der Waals surface area contributed by atoms with Crippen LogP contribution in [0.1, 0.15) is 90.4 Å². The zero-order chi connectivity index (χ0) is 27.3. The number of unbranched alkanes of at least 4 members (excludes halogenated alkanes) is 3. The zero-order valence-corrected chi connectivity index (χ0v) is 27.8. The van der Waals surface area contributed by atoms with Gasteiger partial charge >= 0.3 is 128 Å². The van der Waals surface area contributed by atoms with Gasteiger partial charge in [-0.15, -0.1) is 11.3 Å². The van der Waals surface area contributed by atoms with Crippen LogP contribution in [-0.2, 0) is 4.74 Å². The summed E-state index contributed by atoms with van der Waals surface area (Å²) in [5.74, 6) is -1.24. The van der Waals surface area contributed by atoms with Crippen LogP contribution >= 0.6 is 22.7 Å². The van der Waals surface area contributed by atoms with Crippen LogP contribution in [0.5, 0.6) is 0 Å². The predicted molar refractivity (Wildman–Crippen MR) is 159 cm³/mol. The van der Waals surface area contributed by atoms with Crippen LogP contribution in [-0.4, -0.2) is 39.9 Å². The molecule has 2 aromatic heterocycles. The molecule has 0 saturated heterocycles. The monoisotopic (exact) mass is 654 g/mol. The number of carbonyl (C=O) groups is 1. The number of esters is 1. The number of hydrogen-bond donors (Lipinski definition) is 0. The first-order valence-electron chi connectivity index (χ1n) is 13.5. The van der Waals surface area contributed by atoms with E-state index >= 15 is 0 Å². The molecule has 0 bridgehead atoms. The number of thiazole rings is 2. The Labute approximate surface area is 235 Å². The average Bonchev–Trinajstić information content (AvgIpc) is 3.58. The molecular weight excluding hydrogens is 610 g/mol. The fraction of sp³-hybridized carbons (Fsp3) is 0.552. The van der Waals surface area contributed by atoms with Crippen molar-refractivity contribution < 1.29 is 13.9 Å². The van der Waals surface area contributed by atoms with Crippen molar-refractivity contribution in [1.82, 2.24) is 9.97 Å². The van der Waals surface area contributed by atoms with Gasteiger partial charge in [-0.1, -0.05) is 12.1 Å². The van der Waals surface area contributed by atoms with Gasteiger partial charge in [0.05, 0.1) is 10.4 Å². The van der Waals surface area contributed by atoms with Gasteiger partial charge in [-0.2, -0.15) is 0 Å². The molecule has 1 aromatic carbocycles. The predicted octanol–water partition coefficient (Wildman–Crippen LogP) is 9.10. The molecule has 0 amide bonds. The fourth-order valence-electron chi connectivity index (χ4n) is 4.38. The topological polar surface area (TPSA) is 52.1 Å². The fourth-order valence-corrected chi connectivity index (χ4v) is 24.4. The van der Waals surface area contributed by atoms with E-state index in [1.54, 1.807) is 60.8 Å². The Morgan fingerprint density at radius 3 is 1.95 bits per heavy atom. The zero-order valence-electron chi connectivity index (χ0n) is 23.3. The summed E-state index contributed by atoms with van der Waals surface area (Å²) in [6.07, 6.45) is 12.2. The second kappa shape index (κ2) is 15.9. The van der Waals surface area contributed by atoms with E-state index in [-0.39, 0.29) is 5.56 Å². The van der Waals surface area contributed by atoms with E-state index in [9.17, 15) is 9.18 Å². The van der Waals surface area contributed by atoms with Gasteiger partial charge in [-0.3, -0.25) is 4.98 Å². The first-order valence-corrected chi connectivity index (χ1v) is 22.7. The van der Waals surface area contributed by atoms with E-state index in [4.69, 9.17) is 4.74 Å². The maximum absolute atomic E-state index is 14.0. The van der Waals surface area contributed by atoms with Gasteiger partial charge in [0.2, 0.25) is 0 Å². The first-order chi connectivity index (χ1) is 17.7. The van der Waals surface area contributed by atoms with E-state index in [0.717, 1.165) is 4.88 Å². The summed E-state index contributed by atoms with van der Waals surface area (Å²) in [5.41, 5.74) is 3.51. The van der Waals surface area contributed by atoms with E-state index < -0.39 is 35.8 Å². The van der Waals surface area contributed by atoms with Crippen LogP contribution in [0.3, 0.4) is 0 Å². The number of rotatable bonds is 12. The molecule has 0 unspecified atom stereocenters. The molecule has 0 aliphatic heterocycles. The van der Waals surface area contributed by atoms with Gasteiger partial charge < -0.3 is 4.74 Å². The summed E-state index contributed by atoms with van der Waals surface area (Å²) >= 11 is 1.24. The molecule has 0 aliphatic rings. The van der Waals surface area contributed by atoms with Gasteiger partial charge in [-0.25, -0.2) is 9.18 Å². The van der Waals surface area contributed by atoms with Crippen LogP contribution in [0.25, 0.3) is 10.4 Å². The van der Waals surface area contributed by atoms with E-state index in [1.807, 2.05) is 11.3 Å². The van der Waals surface area contributed by atoms with Crippen molar-refractivity contribution >= 4 is 49.9 Å². The molecule has 4 nitrogen and oxygen atoms in total. The summed E-state index contributed by atoms with van der Waals surface area (Å²) < 4.78 is 25.6. The summed E-state index contributed by atoms with van der Waals surface area (Å²) in [6, 6.07) is 4.51. The van der Waals surface area contributed by atoms with Crippen molar-refractivity contribution in [2.75, 3.05) is 0 Å². The summed E-state index contributed by atoms with van der Waals surface area (Å²) in [7, 11) is 0. The minimum atomic E-state index is -2.08. The third-order valence-corrected chi connectivity index (χ3v) is 26.2. The third kappa shape index (κ3) is 10.1. The quantitative estimate of drug-likeness (QED) is 0.145. The Morgan fingerprint density at radius 2 is 1.49 bits per heavy atom. The van der Waals surface area contributed by atoms with Gasteiger partial charge in [0, 0.05) is 11.8 Å². The Hall–Kier alpha value is -1.32. The molecule has 3 rings (SSSR count). The van der Waals surface area contributed by atoms with Crippen molar-refractivity contribution in [1.29, 1.82) is 0 Å².